The molecular weight excluding hydrogens is 479 g/mol. The molecule has 3 aliphatic heterocycles. The number of rotatable bonds is 5. The van der Waals surface area contributed by atoms with Crippen molar-refractivity contribution in [1.29, 1.82) is 0 Å². The summed E-state index contributed by atoms with van der Waals surface area (Å²) < 4.78 is 21.4. The zero-order valence-electron chi connectivity index (χ0n) is 23.9. The van der Waals surface area contributed by atoms with E-state index in [2.05, 4.69) is 40.8 Å². The van der Waals surface area contributed by atoms with E-state index in [1.54, 1.807) is 6.07 Å². The molecular formula is C31H49FN4O2. The summed E-state index contributed by atoms with van der Waals surface area (Å²) in [6, 6.07) is 5.72. The Labute approximate surface area is 229 Å². The fourth-order valence-corrected chi connectivity index (χ4v) is 8.12. The van der Waals surface area contributed by atoms with Gasteiger partial charge in [0.15, 0.2) is 0 Å². The smallest absolute Gasteiger partial charge is 0.325 e. The Kier molecular flexibility index (Phi) is 8.83. The van der Waals surface area contributed by atoms with Crippen LogP contribution < -0.4 is 15.1 Å². The molecule has 6 nitrogen and oxygen atoms in total. The second-order valence-electron chi connectivity index (χ2n) is 12.7. The van der Waals surface area contributed by atoms with Crippen LogP contribution in [0.1, 0.15) is 72.1 Å². The standard InChI is InChI=1S/C31H49FN4O2/c1-23(2)27-9-7-24(3)22-31(27,25-11-13-33-14-12-25)36(30(37)35-15-5-4-6-16-35)26-8-10-29(28(32)21-26)34-17-19-38-20-18-34/h8,10,21,23-25,27,33H,4-7,9,11-20,22H2,1-3H3. The molecule has 3 unspecified atom stereocenters. The first-order valence-corrected chi connectivity index (χ1v) is 15.3. The molecule has 38 heavy (non-hydrogen) atoms. The molecule has 3 saturated heterocycles. The number of ether oxygens (including phenoxy) is 1. The molecule has 2 amide bonds. The predicted molar refractivity (Wildman–Crippen MR) is 152 cm³/mol. The van der Waals surface area contributed by atoms with Crippen LogP contribution in [0.4, 0.5) is 20.6 Å². The normalized spacial score (nSPS) is 29.5. The van der Waals surface area contributed by atoms with Crippen molar-refractivity contribution in [2.45, 2.75) is 77.7 Å². The summed E-state index contributed by atoms with van der Waals surface area (Å²) in [6.07, 6.45) is 8.72. The number of piperidine rings is 2. The SMILES string of the molecule is CC1CCC(C(C)C)C(C2CCNCC2)(N(C(=O)N2CCCCC2)c2ccc(N3CCOCC3)c(F)c2)C1. The maximum Gasteiger partial charge on any atom is 0.325 e. The van der Waals surface area contributed by atoms with Crippen molar-refractivity contribution in [3.8, 4) is 0 Å². The number of morpholine rings is 1. The van der Waals surface area contributed by atoms with Crippen LogP contribution in [0, 0.1) is 29.5 Å². The molecule has 7 heteroatoms. The predicted octanol–water partition coefficient (Wildman–Crippen LogP) is 5.91. The Balaban J connectivity index is 1.63. The maximum absolute atomic E-state index is 15.9. The lowest BCUT2D eigenvalue weighted by atomic mass is 9.57. The highest BCUT2D eigenvalue weighted by Gasteiger charge is 2.55. The minimum atomic E-state index is -0.310. The van der Waals surface area contributed by atoms with Gasteiger partial charge in [0.25, 0.3) is 0 Å². The van der Waals surface area contributed by atoms with Crippen molar-refractivity contribution in [2.24, 2.45) is 23.7 Å². The third kappa shape index (κ3) is 5.42. The van der Waals surface area contributed by atoms with Crippen LogP contribution in [0.15, 0.2) is 18.2 Å². The molecule has 1 aromatic carbocycles. The third-order valence-corrected chi connectivity index (χ3v) is 9.91. The fourth-order valence-electron chi connectivity index (χ4n) is 8.12. The monoisotopic (exact) mass is 528 g/mol. The first-order valence-electron chi connectivity index (χ1n) is 15.3. The Bertz CT molecular complexity index is 940. The topological polar surface area (TPSA) is 48.1 Å². The number of benzene rings is 1. The van der Waals surface area contributed by atoms with Gasteiger partial charge in [-0.3, -0.25) is 4.90 Å². The molecule has 1 saturated carbocycles. The van der Waals surface area contributed by atoms with E-state index in [1.165, 1.54) is 12.8 Å². The van der Waals surface area contributed by atoms with Gasteiger partial charge >= 0.3 is 6.03 Å². The lowest BCUT2D eigenvalue weighted by molar-refractivity contribution is 0.0368. The summed E-state index contributed by atoms with van der Waals surface area (Å²) in [4.78, 5) is 21.0. The highest BCUT2D eigenvalue weighted by molar-refractivity contribution is 5.94. The van der Waals surface area contributed by atoms with Crippen molar-refractivity contribution >= 4 is 17.4 Å². The molecule has 4 fully saturated rings. The molecule has 0 bridgehead atoms. The van der Waals surface area contributed by atoms with Gasteiger partial charge in [0.1, 0.15) is 5.82 Å². The van der Waals surface area contributed by atoms with Gasteiger partial charge in [-0.25, -0.2) is 9.18 Å². The summed E-state index contributed by atoms with van der Waals surface area (Å²) in [5, 5.41) is 3.56. The largest absolute Gasteiger partial charge is 0.378 e. The van der Waals surface area contributed by atoms with E-state index in [-0.39, 0.29) is 17.4 Å². The fraction of sp³-hybridized carbons (Fsp3) is 0.774. The molecule has 4 aliphatic rings. The number of hydrogen-bond acceptors (Lipinski definition) is 4. The second kappa shape index (κ2) is 12.1. The van der Waals surface area contributed by atoms with Crippen LogP contribution in [0.25, 0.3) is 0 Å². The number of amides is 2. The van der Waals surface area contributed by atoms with Crippen LogP contribution in [-0.2, 0) is 4.74 Å². The zero-order valence-corrected chi connectivity index (χ0v) is 23.9. The molecule has 3 heterocycles. The van der Waals surface area contributed by atoms with Gasteiger partial charge in [0, 0.05) is 31.9 Å². The Morgan fingerprint density at radius 2 is 1.76 bits per heavy atom. The van der Waals surface area contributed by atoms with E-state index >= 15 is 4.39 Å². The minimum absolute atomic E-state index is 0.0986. The lowest BCUT2D eigenvalue weighted by Gasteiger charge is -2.59. The van der Waals surface area contributed by atoms with Gasteiger partial charge in [0.05, 0.1) is 24.4 Å². The molecule has 1 aromatic rings. The molecule has 5 rings (SSSR count). The van der Waals surface area contributed by atoms with E-state index in [9.17, 15) is 4.79 Å². The van der Waals surface area contributed by atoms with Gasteiger partial charge in [-0.05, 0) is 99.9 Å². The molecule has 3 atom stereocenters. The number of likely N-dealkylation sites (tertiary alicyclic amines) is 1. The van der Waals surface area contributed by atoms with Crippen molar-refractivity contribution in [1.82, 2.24) is 10.2 Å². The number of nitrogens with zero attached hydrogens (tertiary/aromatic N) is 3. The summed E-state index contributed by atoms with van der Waals surface area (Å²) >= 11 is 0. The quantitative estimate of drug-likeness (QED) is 0.517. The van der Waals surface area contributed by atoms with Gasteiger partial charge in [-0.1, -0.05) is 27.2 Å². The van der Waals surface area contributed by atoms with Crippen LogP contribution in [0.3, 0.4) is 0 Å². The van der Waals surface area contributed by atoms with Gasteiger partial charge in [0.2, 0.25) is 0 Å². The first kappa shape index (κ1) is 27.7. The summed E-state index contributed by atoms with van der Waals surface area (Å²) in [7, 11) is 0. The minimum Gasteiger partial charge on any atom is -0.378 e. The molecule has 212 valence electrons. The van der Waals surface area contributed by atoms with Crippen molar-refractivity contribution in [3.63, 3.8) is 0 Å². The van der Waals surface area contributed by atoms with Gasteiger partial charge in [-0.15, -0.1) is 0 Å². The highest BCUT2D eigenvalue weighted by Crippen LogP contribution is 2.53. The van der Waals surface area contributed by atoms with Crippen LogP contribution in [0.5, 0.6) is 0 Å². The molecule has 1 aliphatic carbocycles. The Hall–Kier alpha value is -1.86. The first-order chi connectivity index (χ1) is 18.4. The average Bonchev–Trinajstić information content (AvgIpc) is 2.94. The van der Waals surface area contributed by atoms with Crippen molar-refractivity contribution < 1.29 is 13.9 Å². The average molecular weight is 529 g/mol. The molecule has 1 N–H and O–H groups in total. The van der Waals surface area contributed by atoms with E-state index in [1.807, 2.05) is 12.1 Å². The van der Waals surface area contributed by atoms with Crippen molar-refractivity contribution in [2.75, 3.05) is 62.3 Å². The number of hydrogen-bond donors (Lipinski definition) is 1. The van der Waals surface area contributed by atoms with Crippen molar-refractivity contribution in [3.05, 3.63) is 24.0 Å². The third-order valence-electron chi connectivity index (χ3n) is 9.91. The molecule has 0 aromatic heterocycles. The number of carbonyl (C=O) groups is 1. The number of urea groups is 1. The van der Waals surface area contributed by atoms with Crippen LogP contribution >= 0.6 is 0 Å². The van der Waals surface area contributed by atoms with E-state index in [0.717, 1.165) is 70.4 Å². The van der Waals surface area contributed by atoms with E-state index in [4.69, 9.17) is 4.74 Å². The number of carbonyl (C=O) groups excluding carboxylic acids is 1. The van der Waals surface area contributed by atoms with Gasteiger partial charge in [-0.2, -0.15) is 0 Å². The molecule has 0 spiro atoms. The number of halogens is 1. The second-order valence-corrected chi connectivity index (χ2v) is 12.7. The molecule has 0 radical (unpaired) electrons. The Morgan fingerprint density at radius 1 is 1.05 bits per heavy atom. The van der Waals surface area contributed by atoms with E-state index < -0.39 is 0 Å². The Morgan fingerprint density at radius 3 is 2.42 bits per heavy atom. The van der Waals surface area contributed by atoms with E-state index in [0.29, 0.717) is 55.7 Å². The zero-order chi connectivity index (χ0) is 26.7. The maximum atomic E-state index is 15.9. The summed E-state index contributed by atoms with van der Waals surface area (Å²) in [5.41, 5.74) is 1.05. The summed E-state index contributed by atoms with van der Waals surface area (Å²) in [5.74, 6) is 1.54. The number of nitrogens with one attached hydrogen (secondary N) is 1. The summed E-state index contributed by atoms with van der Waals surface area (Å²) in [6.45, 7) is 13.2. The number of anilines is 2. The van der Waals surface area contributed by atoms with Crippen LogP contribution in [-0.4, -0.2) is 69.0 Å². The highest BCUT2D eigenvalue weighted by atomic mass is 19.1. The van der Waals surface area contributed by atoms with Gasteiger partial charge < -0.3 is 19.9 Å². The lowest BCUT2D eigenvalue weighted by Crippen LogP contribution is -2.67. The van der Waals surface area contributed by atoms with Crippen LogP contribution in [0.2, 0.25) is 0 Å².